The van der Waals surface area contributed by atoms with Gasteiger partial charge in [0.1, 0.15) is 11.6 Å². The van der Waals surface area contributed by atoms with Gasteiger partial charge in [-0.2, -0.15) is 0 Å². The van der Waals surface area contributed by atoms with Gasteiger partial charge >= 0.3 is 0 Å². The second-order valence-corrected chi connectivity index (χ2v) is 5.61. The van der Waals surface area contributed by atoms with Gasteiger partial charge in [-0.1, -0.05) is 37.0 Å². The molecule has 1 aromatic heterocycles. The van der Waals surface area contributed by atoms with Crippen molar-refractivity contribution < 1.29 is 9.13 Å². The maximum atomic E-state index is 13.1. The van der Waals surface area contributed by atoms with Crippen LogP contribution in [0.4, 0.5) is 4.39 Å². The Morgan fingerprint density at radius 3 is 2.62 bits per heavy atom. The lowest BCUT2D eigenvalue weighted by atomic mass is 10.3. The minimum Gasteiger partial charge on any atom is -0.439 e. The van der Waals surface area contributed by atoms with E-state index in [1.165, 1.54) is 18.2 Å². The molecule has 0 saturated carbocycles. The molecule has 1 heterocycles. The molecule has 0 amide bonds. The normalized spacial score (nSPS) is 11.0. The molecule has 6 heteroatoms. The van der Waals surface area contributed by atoms with Crippen molar-refractivity contribution >= 4 is 23.2 Å². The van der Waals surface area contributed by atoms with Crippen LogP contribution in [0.15, 0.2) is 30.3 Å². The van der Waals surface area contributed by atoms with Crippen LogP contribution in [0.2, 0.25) is 10.0 Å². The maximum Gasteiger partial charge on any atom is 0.219 e. The van der Waals surface area contributed by atoms with Gasteiger partial charge in [0.25, 0.3) is 0 Å². The first-order valence-corrected chi connectivity index (χ1v) is 7.23. The van der Waals surface area contributed by atoms with Gasteiger partial charge in [0.15, 0.2) is 0 Å². The lowest BCUT2D eigenvalue weighted by molar-refractivity contribution is 0.457. The second-order valence-electron chi connectivity index (χ2n) is 4.79. The van der Waals surface area contributed by atoms with E-state index in [0.717, 1.165) is 0 Å². The van der Waals surface area contributed by atoms with Crippen LogP contribution >= 0.6 is 23.2 Å². The minimum atomic E-state index is -0.491. The SMILES string of the molecule is CC(C)NCc1nc(Oc2ccc(F)c(Cl)c2)ccc1Cl. The Kier molecular flexibility index (Phi) is 5.39. The molecule has 0 radical (unpaired) electrons. The molecule has 0 spiro atoms. The Bertz CT molecular complexity index is 635. The van der Waals surface area contributed by atoms with E-state index in [1.807, 2.05) is 13.8 Å². The lowest BCUT2D eigenvalue weighted by Crippen LogP contribution is -2.22. The molecule has 2 rings (SSSR count). The molecule has 112 valence electrons. The van der Waals surface area contributed by atoms with Crippen molar-refractivity contribution in [2.24, 2.45) is 0 Å². The zero-order valence-corrected chi connectivity index (χ0v) is 13.2. The van der Waals surface area contributed by atoms with Crippen LogP contribution in [0.3, 0.4) is 0 Å². The molecular weight excluding hydrogens is 314 g/mol. The van der Waals surface area contributed by atoms with Crippen LogP contribution in [0, 0.1) is 5.82 Å². The van der Waals surface area contributed by atoms with Crippen molar-refractivity contribution in [1.82, 2.24) is 10.3 Å². The molecule has 0 aliphatic carbocycles. The van der Waals surface area contributed by atoms with Crippen LogP contribution < -0.4 is 10.1 Å². The fraction of sp³-hybridized carbons (Fsp3) is 0.267. The number of hydrogen-bond donors (Lipinski definition) is 1. The van der Waals surface area contributed by atoms with Crippen LogP contribution in [0.1, 0.15) is 19.5 Å². The molecule has 3 nitrogen and oxygen atoms in total. The summed E-state index contributed by atoms with van der Waals surface area (Å²) < 4.78 is 18.7. The third-order valence-corrected chi connectivity index (χ3v) is 3.32. The minimum absolute atomic E-state index is 0.00293. The first-order valence-electron chi connectivity index (χ1n) is 6.47. The smallest absolute Gasteiger partial charge is 0.219 e. The number of aromatic nitrogens is 1. The maximum absolute atomic E-state index is 13.1. The van der Waals surface area contributed by atoms with Crippen LogP contribution in [-0.4, -0.2) is 11.0 Å². The van der Waals surface area contributed by atoms with Gasteiger partial charge in [0.05, 0.1) is 15.7 Å². The molecule has 0 atom stereocenters. The highest BCUT2D eigenvalue weighted by atomic mass is 35.5. The molecule has 0 bridgehead atoms. The van der Waals surface area contributed by atoms with Crippen molar-refractivity contribution in [2.45, 2.75) is 26.4 Å². The zero-order chi connectivity index (χ0) is 15.4. The number of nitrogens with one attached hydrogen (secondary N) is 1. The number of ether oxygens (including phenoxy) is 1. The molecule has 1 N–H and O–H groups in total. The van der Waals surface area contributed by atoms with Gasteiger partial charge in [-0.05, 0) is 18.2 Å². The number of pyridine rings is 1. The number of rotatable bonds is 5. The number of nitrogens with zero attached hydrogens (tertiary/aromatic N) is 1. The summed E-state index contributed by atoms with van der Waals surface area (Å²) >= 11 is 11.8. The predicted molar refractivity (Wildman–Crippen MR) is 82.7 cm³/mol. The predicted octanol–water partition coefficient (Wildman–Crippen LogP) is 4.82. The van der Waals surface area contributed by atoms with E-state index in [1.54, 1.807) is 12.1 Å². The summed E-state index contributed by atoms with van der Waals surface area (Å²) in [5, 5.41) is 3.80. The van der Waals surface area contributed by atoms with E-state index >= 15 is 0 Å². The zero-order valence-electron chi connectivity index (χ0n) is 11.7. The molecule has 21 heavy (non-hydrogen) atoms. The second kappa shape index (κ2) is 7.07. The van der Waals surface area contributed by atoms with Crippen molar-refractivity contribution in [3.05, 3.63) is 51.9 Å². The summed E-state index contributed by atoms with van der Waals surface area (Å²) in [7, 11) is 0. The monoisotopic (exact) mass is 328 g/mol. The first-order chi connectivity index (χ1) is 9.95. The third-order valence-electron chi connectivity index (χ3n) is 2.68. The molecule has 0 saturated heterocycles. The molecule has 1 aromatic carbocycles. The molecule has 0 unspecified atom stereocenters. The fourth-order valence-corrected chi connectivity index (χ4v) is 1.95. The molecular formula is C15H15Cl2FN2O. The van der Waals surface area contributed by atoms with Gasteiger partial charge in [-0.3, -0.25) is 0 Å². The van der Waals surface area contributed by atoms with Crippen molar-refractivity contribution in [2.75, 3.05) is 0 Å². The summed E-state index contributed by atoms with van der Waals surface area (Å²) in [4.78, 5) is 4.34. The van der Waals surface area contributed by atoms with E-state index in [0.29, 0.717) is 34.9 Å². The fourth-order valence-electron chi connectivity index (χ4n) is 1.61. The summed E-state index contributed by atoms with van der Waals surface area (Å²) in [6.45, 7) is 4.61. The van der Waals surface area contributed by atoms with E-state index in [2.05, 4.69) is 10.3 Å². The Morgan fingerprint density at radius 1 is 1.19 bits per heavy atom. The first kappa shape index (κ1) is 16.0. The van der Waals surface area contributed by atoms with Gasteiger partial charge in [-0.15, -0.1) is 0 Å². The average molecular weight is 329 g/mol. The van der Waals surface area contributed by atoms with Crippen LogP contribution in [0.25, 0.3) is 0 Å². The Labute approximate surface area is 133 Å². The average Bonchev–Trinajstić information content (AvgIpc) is 2.43. The van der Waals surface area contributed by atoms with Crippen molar-refractivity contribution in [3.8, 4) is 11.6 Å². The van der Waals surface area contributed by atoms with E-state index < -0.39 is 5.82 Å². The van der Waals surface area contributed by atoms with Gasteiger partial charge in [0, 0.05) is 24.7 Å². The Morgan fingerprint density at radius 2 is 1.95 bits per heavy atom. The molecule has 0 fully saturated rings. The van der Waals surface area contributed by atoms with Crippen molar-refractivity contribution in [3.63, 3.8) is 0 Å². The van der Waals surface area contributed by atoms with Gasteiger partial charge in [-0.25, -0.2) is 9.37 Å². The number of hydrogen-bond acceptors (Lipinski definition) is 3. The Balaban J connectivity index is 2.16. The highest BCUT2D eigenvalue weighted by Crippen LogP contribution is 2.26. The lowest BCUT2D eigenvalue weighted by Gasteiger charge is -2.11. The Hall–Kier alpha value is -1.36. The number of halogens is 3. The number of benzene rings is 1. The highest BCUT2D eigenvalue weighted by Gasteiger charge is 2.08. The quantitative estimate of drug-likeness (QED) is 0.854. The van der Waals surface area contributed by atoms with Crippen LogP contribution in [-0.2, 0) is 6.54 Å². The standard InChI is InChI=1S/C15H15Cl2FN2O/c1-9(2)19-8-14-11(16)4-6-15(20-14)21-10-3-5-13(18)12(17)7-10/h3-7,9,19H,8H2,1-2H3. The third kappa shape index (κ3) is 4.56. The van der Waals surface area contributed by atoms with E-state index in [4.69, 9.17) is 27.9 Å². The molecule has 2 aromatic rings. The summed E-state index contributed by atoms with van der Waals surface area (Å²) in [5.41, 5.74) is 0.691. The molecule has 0 aliphatic rings. The molecule has 0 aliphatic heterocycles. The summed E-state index contributed by atoms with van der Waals surface area (Å²) in [6, 6.07) is 7.82. The summed E-state index contributed by atoms with van der Waals surface area (Å²) in [5.74, 6) is 0.302. The van der Waals surface area contributed by atoms with E-state index in [9.17, 15) is 4.39 Å². The van der Waals surface area contributed by atoms with Gasteiger partial charge < -0.3 is 10.1 Å². The van der Waals surface area contributed by atoms with Gasteiger partial charge in [0.2, 0.25) is 5.88 Å². The van der Waals surface area contributed by atoms with Crippen molar-refractivity contribution in [1.29, 1.82) is 0 Å². The van der Waals surface area contributed by atoms with E-state index in [-0.39, 0.29) is 5.02 Å². The summed E-state index contributed by atoms with van der Waals surface area (Å²) in [6.07, 6.45) is 0. The highest BCUT2D eigenvalue weighted by molar-refractivity contribution is 6.31. The van der Waals surface area contributed by atoms with Crippen LogP contribution in [0.5, 0.6) is 11.6 Å². The topological polar surface area (TPSA) is 34.2 Å². The largest absolute Gasteiger partial charge is 0.439 e.